The van der Waals surface area contributed by atoms with Crippen LogP contribution in [0, 0.1) is 6.92 Å². The maximum atomic E-state index is 11.6. The topological polar surface area (TPSA) is 41.6 Å². The van der Waals surface area contributed by atoms with Gasteiger partial charge in [-0.3, -0.25) is 0 Å². The van der Waals surface area contributed by atoms with E-state index in [0.717, 1.165) is 24.1 Å². The smallest absolute Gasteiger partial charge is 0.338 e. The van der Waals surface area contributed by atoms with E-state index in [1.54, 1.807) is 0 Å². The number of esters is 1. The van der Waals surface area contributed by atoms with Crippen molar-refractivity contribution in [2.75, 3.05) is 26.2 Å². The van der Waals surface area contributed by atoms with Crippen LogP contribution in [-0.2, 0) is 17.8 Å². The van der Waals surface area contributed by atoms with Gasteiger partial charge in [-0.15, -0.1) is 0 Å². The van der Waals surface area contributed by atoms with Crippen molar-refractivity contribution in [2.24, 2.45) is 0 Å². The van der Waals surface area contributed by atoms with Crippen LogP contribution in [0.5, 0.6) is 0 Å². The molecule has 0 amide bonds. The van der Waals surface area contributed by atoms with Gasteiger partial charge in [0.2, 0.25) is 0 Å². The number of hydrogen-bond acceptors (Lipinski definition) is 4. The lowest BCUT2D eigenvalue weighted by atomic mass is 9.96. The maximum Gasteiger partial charge on any atom is 0.338 e. The summed E-state index contributed by atoms with van der Waals surface area (Å²) >= 11 is 0. The molecule has 2 saturated heterocycles. The number of likely N-dealkylation sites (tertiary alicyclic amines) is 1. The van der Waals surface area contributed by atoms with Crippen molar-refractivity contribution in [1.82, 2.24) is 10.2 Å². The van der Waals surface area contributed by atoms with Gasteiger partial charge < -0.3 is 15.0 Å². The van der Waals surface area contributed by atoms with Crippen molar-refractivity contribution in [3.8, 4) is 0 Å². The summed E-state index contributed by atoms with van der Waals surface area (Å²) in [4.78, 5) is 14.2. The third kappa shape index (κ3) is 2.34. The molecule has 0 saturated carbocycles. The summed E-state index contributed by atoms with van der Waals surface area (Å²) in [5.74, 6) is -0.168. The standard InChI is InChI=1S/C18H24N2O2/c1-13-14(3-4-15-16(13)11-22-17(15)21)5-9-20-10-7-18(12-20)6-2-8-19-18/h3-4,19H,2,5-12H2,1H3. The van der Waals surface area contributed by atoms with Crippen LogP contribution in [0.25, 0.3) is 0 Å². The van der Waals surface area contributed by atoms with E-state index in [-0.39, 0.29) is 5.97 Å². The lowest BCUT2D eigenvalue weighted by Gasteiger charge is -2.24. The average molecular weight is 300 g/mol. The van der Waals surface area contributed by atoms with Crippen molar-refractivity contribution < 1.29 is 9.53 Å². The predicted molar refractivity (Wildman–Crippen MR) is 85.0 cm³/mol. The van der Waals surface area contributed by atoms with Gasteiger partial charge in [-0.25, -0.2) is 4.79 Å². The Balaban J connectivity index is 1.42. The van der Waals surface area contributed by atoms with Gasteiger partial charge in [-0.2, -0.15) is 0 Å². The molecule has 0 radical (unpaired) electrons. The fourth-order valence-electron chi connectivity index (χ4n) is 4.31. The Morgan fingerprint density at radius 1 is 1.36 bits per heavy atom. The Morgan fingerprint density at radius 2 is 2.27 bits per heavy atom. The minimum absolute atomic E-state index is 0.168. The first-order chi connectivity index (χ1) is 10.7. The maximum absolute atomic E-state index is 11.6. The normalized spacial score (nSPS) is 27.6. The summed E-state index contributed by atoms with van der Waals surface area (Å²) in [6.07, 6.45) is 5.01. The van der Waals surface area contributed by atoms with E-state index in [2.05, 4.69) is 23.2 Å². The van der Waals surface area contributed by atoms with Crippen molar-refractivity contribution in [1.29, 1.82) is 0 Å². The second-order valence-electron chi connectivity index (χ2n) is 7.04. The third-order valence-electron chi connectivity index (χ3n) is 5.74. The Hall–Kier alpha value is -1.39. The number of hydrogen-bond donors (Lipinski definition) is 1. The highest BCUT2D eigenvalue weighted by atomic mass is 16.5. The van der Waals surface area contributed by atoms with Gasteiger partial charge in [-0.1, -0.05) is 6.07 Å². The highest BCUT2D eigenvalue weighted by Crippen LogP contribution is 2.30. The molecule has 3 aliphatic heterocycles. The third-order valence-corrected chi connectivity index (χ3v) is 5.74. The molecule has 3 aliphatic rings. The number of carbonyl (C=O) groups excluding carboxylic acids is 1. The summed E-state index contributed by atoms with van der Waals surface area (Å²) in [5, 5.41) is 3.71. The Labute approximate surface area is 131 Å². The highest BCUT2D eigenvalue weighted by molar-refractivity contribution is 5.93. The van der Waals surface area contributed by atoms with Gasteiger partial charge in [0.15, 0.2) is 0 Å². The molecule has 118 valence electrons. The number of carbonyl (C=O) groups is 1. The Kier molecular flexibility index (Phi) is 3.46. The Bertz CT molecular complexity index is 605. The second kappa shape index (κ2) is 5.36. The molecule has 1 spiro atoms. The van der Waals surface area contributed by atoms with Crippen LogP contribution in [0.15, 0.2) is 12.1 Å². The van der Waals surface area contributed by atoms with Crippen molar-refractivity contribution >= 4 is 5.97 Å². The number of rotatable bonds is 3. The first-order valence-corrected chi connectivity index (χ1v) is 8.43. The molecular weight excluding hydrogens is 276 g/mol. The number of cyclic esters (lactones) is 1. The van der Waals surface area contributed by atoms with Gasteiger partial charge in [0, 0.05) is 30.7 Å². The summed E-state index contributed by atoms with van der Waals surface area (Å²) in [5.41, 5.74) is 4.87. The summed E-state index contributed by atoms with van der Waals surface area (Å²) in [7, 11) is 0. The number of nitrogens with zero attached hydrogens (tertiary/aromatic N) is 1. The molecule has 1 N–H and O–H groups in total. The molecule has 4 nitrogen and oxygen atoms in total. The SMILES string of the molecule is Cc1c(CCN2CCC3(CCCN3)C2)ccc2c1COC2=O. The lowest BCUT2D eigenvalue weighted by molar-refractivity contribution is 0.0535. The lowest BCUT2D eigenvalue weighted by Crippen LogP contribution is -2.42. The Morgan fingerprint density at radius 3 is 3.09 bits per heavy atom. The number of fused-ring (bicyclic) bond motifs is 1. The minimum Gasteiger partial charge on any atom is -0.457 e. The molecule has 1 aromatic carbocycles. The fraction of sp³-hybridized carbons (Fsp3) is 0.611. The largest absolute Gasteiger partial charge is 0.457 e. The minimum atomic E-state index is -0.168. The van der Waals surface area contributed by atoms with Crippen LogP contribution < -0.4 is 5.32 Å². The molecule has 22 heavy (non-hydrogen) atoms. The van der Waals surface area contributed by atoms with Crippen molar-refractivity contribution in [3.05, 3.63) is 34.4 Å². The molecule has 0 aromatic heterocycles. The van der Waals surface area contributed by atoms with Crippen LogP contribution >= 0.6 is 0 Å². The molecule has 1 atom stereocenters. The fourth-order valence-corrected chi connectivity index (χ4v) is 4.31. The molecule has 0 bridgehead atoms. The molecule has 1 unspecified atom stereocenters. The number of benzene rings is 1. The van der Waals surface area contributed by atoms with Crippen molar-refractivity contribution in [2.45, 2.75) is 44.8 Å². The molecule has 4 heteroatoms. The molecule has 0 aliphatic carbocycles. The average Bonchev–Trinajstić information content (AvgIpc) is 3.22. The van der Waals surface area contributed by atoms with E-state index >= 15 is 0 Å². The zero-order valence-electron chi connectivity index (χ0n) is 13.3. The zero-order chi connectivity index (χ0) is 15.2. The van der Waals surface area contributed by atoms with E-state index < -0.39 is 0 Å². The van der Waals surface area contributed by atoms with Crippen LogP contribution in [0.4, 0.5) is 0 Å². The van der Waals surface area contributed by atoms with E-state index in [1.807, 2.05) is 6.07 Å². The second-order valence-corrected chi connectivity index (χ2v) is 7.04. The molecule has 3 heterocycles. The number of nitrogens with one attached hydrogen (secondary N) is 1. The van der Waals surface area contributed by atoms with Crippen LogP contribution in [0.3, 0.4) is 0 Å². The van der Waals surface area contributed by atoms with Gasteiger partial charge in [0.25, 0.3) is 0 Å². The van der Waals surface area contributed by atoms with Gasteiger partial charge in [-0.05, 0) is 56.3 Å². The van der Waals surface area contributed by atoms with Crippen LogP contribution in [0.2, 0.25) is 0 Å². The van der Waals surface area contributed by atoms with Crippen molar-refractivity contribution in [3.63, 3.8) is 0 Å². The quantitative estimate of drug-likeness (QED) is 0.867. The van der Waals surface area contributed by atoms with E-state index in [9.17, 15) is 4.79 Å². The van der Waals surface area contributed by atoms with Gasteiger partial charge in [0.1, 0.15) is 6.61 Å². The molecule has 2 fully saturated rings. The van der Waals surface area contributed by atoms with E-state index in [0.29, 0.717) is 12.1 Å². The predicted octanol–water partition coefficient (Wildman–Crippen LogP) is 2.04. The molecule has 1 aromatic rings. The van der Waals surface area contributed by atoms with Gasteiger partial charge >= 0.3 is 5.97 Å². The highest BCUT2D eigenvalue weighted by Gasteiger charge is 2.39. The number of ether oxygens (including phenoxy) is 1. The zero-order valence-corrected chi connectivity index (χ0v) is 13.3. The van der Waals surface area contributed by atoms with Crippen LogP contribution in [0.1, 0.15) is 46.3 Å². The summed E-state index contributed by atoms with van der Waals surface area (Å²) < 4.78 is 5.14. The van der Waals surface area contributed by atoms with Crippen LogP contribution in [-0.4, -0.2) is 42.6 Å². The first kappa shape index (κ1) is 14.2. The molecule has 4 rings (SSSR count). The summed E-state index contributed by atoms with van der Waals surface area (Å²) in [6.45, 7) is 7.27. The van der Waals surface area contributed by atoms with E-state index in [1.165, 1.54) is 50.0 Å². The summed E-state index contributed by atoms with van der Waals surface area (Å²) in [6, 6.07) is 4.05. The monoisotopic (exact) mass is 300 g/mol. The van der Waals surface area contributed by atoms with E-state index in [4.69, 9.17) is 4.74 Å². The van der Waals surface area contributed by atoms with Gasteiger partial charge in [0.05, 0.1) is 5.56 Å². The molecular formula is C18H24N2O2. The first-order valence-electron chi connectivity index (χ1n) is 8.43.